The van der Waals surface area contributed by atoms with Gasteiger partial charge < -0.3 is 15.0 Å². The highest BCUT2D eigenvalue weighted by Gasteiger charge is 2.20. The number of amides is 1. The molecule has 5 heteroatoms. The Morgan fingerprint density at radius 2 is 1.92 bits per heavy atom. The molecule has 0 aliphatic heterocycles. The lowest BCUT2D eigenvalue weighted by molar-refractivity contribution is -0.121. The fourth-order valence-corrected chi connectivity index (χ4v) is 2.92. The monoisotopic (exact) mass is 328 g/mol. The van der Waals surface area contributed by atoms with Gasteiger partial charge in [0.2, 0.25) is 5.91 Å². The van der Waals surface area contributed by atoms with Crippen LogP contribution < -0.4 is 5.32 Å². The Hall–Kier alpha value is -2.56. The molecule has 0 aliphatic carbocycles. The molecule has 5 nitrogen and oxygen atoms in total. The number of hydrogen-bond acceptors (Lipinski definition) is 2. The average Bonchev–Trinajstić information content (AvgIpc) is 2.80. The molecule has 0 bridgehead atoms. The van der Waals surface area contributed by atoms with E-state index in [2.05, 4.69) is 17.4 Å². The van der Waals surface area contributed by atoms with Gasteiger partial charge in [-0.2, -0.15) is 0 Å². The van der Waals surface area contributed by atoms with Crippen molar-refractivity contribution in [1.82, 2.24) is 9.88 Å². The lowest BCUT2D eigenvalue weighted by Crippen LogP contribution is -2.34. The van der Waals surface area contributed by atoms with Crippen LogP contribution in [-0.2, 0) is 24.7 Å². The second-order valence-corrected chi connectivity index (χ2v) is 6.22. The third-order valence-electron chi connectivity index (χ3n) is 4.15. The smallest absolute Gasteiger partial charge is 0.337 e. The van der Waals surface area contributed by atoms with Crippen molar-refractivity contribution < 1.29 is 14.7 Å². The molecule has 0 spiro atoms. The highest BCUT2D eigenvalue weighted by molar-refractivity contribution is 5.93. The van der Waals surface area contributed by atoms with Crippen LogP contribution in [0.4, 0.5) is 0 Å². The van der Waals surface area contributed by atoms with Gasteiger partial charge in [-0.15, -0.1) is 0 Å². The fraction of sp³-hybridized carbons (Fsp3) is 0.368. The number of rotatable bonds is 7. The second kappa shape index (κ2) is 7.81. The van der Waals surface area contributed by atoms with E-state index < -0.39 is 5.97 Å². The molecule has 0 saturated carbocycles. The van der Waals surface area contributed by atoms with Crippen molar-refractivity contribution in [3.63, 3.8) is 0 Å². The number of carboxylic acids is 1. The van der Waals surface area contributed by atoms with Gasteiger partial charge in [-0.3, -0.25) is 4.79 Å². The highest BCUT2D eigenvalue weighted by atomic mass is 16.4. The highest BCUT2D eigenvalue weighted by Crippen LogP contribution is 2.17. The summed E-state index contributed by atoms with van der Waals surface area (Å²) < 4.78 is 1.72. The SMILES string of the molecule is Cc1cn(C)c(CC(=O)N[C@H](C)CCc2ccccc2)c1C(=O)O. The van der Waals surface area contributed by atoms with Crippen molar-refractivity contribution in [2.75, 3.05) is 0 Å². The van der Waals surface area contributed by atoms with E-state index in [0.717, 1.165) is 12.8 Å². The molecular formula is C19H24N2O3. The lowest BCUT2D eigenvalue weighted by Gasteiger charge is -2.14. The molecule has 1 aromatic heterocycles. The molecule has 2 rings (SSSR count). The maximum atomic E-state index is 12.3. The van der Waals surface area contributed by atoms with Crippen LogP contribution in [0, 0.1) is 6.92 Å². The maximum Gasteiger partial charge on any atom is 0.337 e. The normalized spacial score (nSPS) is 12.0. The summed E-state index contributed by atoms with van der Waals surface area (Å²) in [5.41, 5.74) is 2.67. The van der Waals surface area contributed by atoms with Gasteiger partial charge in [0.15, 0.2) is 0 Å². The summed E-state index contributed by atoms with van der Waals surface area (Å²) in [6.45, 7) is 3.71. The van der Waals surface area contributed by atoms with Crippen molar-refractivity contribution in [1.29, 1.82) is 0 Å². The van der Waals surface area contributed by atoms with Gasteiger partial charge in [0, 0.05) is 25.0 Å². The van der Waals surface area contributed by atoms with Crippen molar-refractivity contribution in [3.8, 4) is 0 Å². The van der Waals surface area contributed by atoms with Crippen molar-refractivity contribution >= 4 is 11.9 Å². The van der Waals surface area contributed by atoms with Gasteiger partial charge in [0.25, 0.3) is 0 Å². The molecule has 24 heavy (non-hydrogen) atoms. The topological polar surface area (TPSA) is 71.3 Å². The molecule has 0 aliphatic rings. The zero-order chi connectivity index (χ0) is 17.7. The Balaban J connectivity index is 1.92. The second-order valence-electron chi connectivity index (χ2n) is 6.22. The standard InChI is InChI=1S/C19H24N2O3/c1-13-12-21(3)16(18(13)19(23)24)11-17(22)20-14(2)9-10-15-7-5-4-6-8-15/h4-8,12,14H,9-11H2,1-3H3,(H,20,22)(H,23,24)/t14-/m1/s1. The van der Waals surface area contributed by atoms with Crippen LogP contribution in [-0.4, -0.2) is 27.6 Å². The van der Waals surface area contributed by atoms with Crippen LogP contribution >= 0.6 is 0 Å². The van der Waals surface area contributed by atoms with E-state index in [1.807, 2.05) is 25.1 Å². The van der Waals surface area contributed by atoms with Crippen molar-refractivity contribution in [2.24, 2.45) is 7.05 Å². The molecule has 1 atom stereocenters. The van der Waals surface area contributed by atoms with Crippen molar-refractivity contribution in [2.45, 2.75) is 39.2 Å². The van der Waals surface area contributed by atoms with Crippen LogP contribution in [0.5, 0.6) is 0 Å². The van der Waals surface area contributed by atoms with Gasteiger partial charge in [-0.25, -0.2) is 4.79 Å². The number of aromatic nitrogens is 1. The number of aromatic carboxylic acids is 1. The first-order valence-corrected chi connectivity index (χ1v) is 8.10. The van der Waals surface area contributed by atoms with Crippen LogP contribution in [0.15, 0.2) is 36.5 Å². The van der Waals surface area contributed by atoms with E-state index in [9.17, 15) is 14.7 Å². The van der Waals surface area contributed by atoms with Gasteiger partial charge in [-0.05, 0) is 37.8 Å². The third-order valence-corrected chi connectivity index (χ3v) is 4.15. The van der Waals surface area contributed by atoms with Crippen LogP contribution in [0.3, 0.4) is 0 Å². The number of nitrogens with one attached hydrogen (secondary N) is 1. The number of benzene rings is 1. The zero-order valence-corrected chi connectivity index (χ0v) is 14.4. The molecule has 2 aromatic rings. The summed E-state index contributed by atoms with van der Waals surface area (Å²) in [5.74, 6) is -1.15. The van der Waals surface area contributed by atoms with E-state index in [4.69, 9.17) is 0 Å². The predicted octanol–water partition coefficient (Wildman–Crippen LogP) is 2.71. The molecule has 1 amide bonds. The Kier molecular flexibility index (Phi) is 5.79. The number of carbonyl (C=O) groups excluding carboxylic acids is 1. The molecule has 1 heterocycles. The molecule has 128 valence electrons. The van der Waals surface area contributed by atoms with E-state index in [0.29, 0.717) is 11.3 Å². The Morgan fingerprint density at radius 3 is 2.54 bits per heavy atom. The molecule has 0 radical (unpaired) electrons. The van der Waals surface area contributed by atoms with Gasteiger partial charge in [-0.1, -0.05) is 30.3 Å². The fourth-order valence-electron chi connectivity index (χ4n) is 2.92. The van der Waals surface area contributed by atoms with Crippen molar-refractivity contribution in [3.05, 3.63) is 58.9 Å². The zero-order valence-electron chi connectivity index (χ0n) is 14.4. The molecule has 0 fully saturated rings. The molecular weight excluding hydrogens is 304 g/mol. The number of hydrogen-bond donors (Lipinski definition) is 2. The van der Waals surface area contributed by atoms with Crippen LogP contribution in [0.1, 0.15) is 40.5 Å². The summed E-state index contributed by atoms with van der Waals surface area (Å²) in [4.78, 5) is 23.6. The summed E-state index contributed by atoms with van der Waals surface area (Å²) in [5, 5.41) is 12.3. The maximum absolute atomic E-state index is 12.3. The number of carboxylic acid groups (broad SMARTS) is 1. The summed E-state index contributed by atoms with van der Waals surface area (Å²) in [6.07, 6.45) is 3.55. The van der Waals surface area contributed by atoms with Crippen LogP contribution in [0.25, 0.3) is 0 Å². The van der Waals surface area contributed by atoms with Gasteiger partial charge in [0.1, 0.15) is 0 Å². The molecule has 0 unspecified atom stereocenters. The average molecular weight is 328 g/mol. The molecule has 1 aromatic carbocycles. The Bertz CT molecular complexity index is 720. The van der Waals surface area contributed by atoms with Gasteiger partial charge in [0.05, 0.1) is 12.0 Å². The van der Waals surface area contributed by atoms with E-state index >= 15 is 0 Å². The van der Waals surface area contributed by atoms with E-state index in [1.165, 1.54) is 5.56 Å². The minimum Gasteiger partial charge on any atom is -0.478 e. The quantitative estimate of drug-likeness (QED) is 0.821. The van der Waals surface area contributed by atoms with Crippen LogP contribution in [0.2, 0.25) is 0 Å². The first-order valence-electron chi connectivity index (χ1n) is 8.10. The Morgan fingerprint density at radius 1 is 1.25 bits per heavy atom. The number of carbonyl (C=O) groups is 2. The lowest BCUT2D eigenvalue weighted by atomic mass is 10.1. The van der Waals surface area contributed by atoms with E-state index in [1.54, 1.807) is 24.7 Å². The molecule has 0 saturated heterocycles. The predicted molar refractivity (Wildman–Crippen MR) is 93.2 cm³/mol. The van der Waals surface area contributed by atoms with Gasteiger partial charge >= 0.3 is 5.97 Å². The number of nitrogens with zero attached hydrogens (tertiary/aromatic N) is 1. The first-order chi connectivity index (χ1) is 11.4. The minimum atomic E-state index is -0.993. The summed E-state index contributed by atoms with van der Waals surface area (Å²) >= 11 is 0. The number of aryl methyl sites for hydroxylation is 3. The summed E-state index contributed by atoms with van der Waals surface area (Å²) in [6, 6.07) is 10.2. The van der Waals surface area contributed by atoms with E-state index in [-0.39, 0.29) is 23.9 Å². The first kappa shape index (κ1) is 17.8. The largest absolute Gasteiger partial charge is 0.478 e. The Labute approximate surface area is 142 Å². The minimum absolute atomic E-state index is 0.0346. The third kappa shape index (κ3) is 4.47. The molecule has 2 N–H and O–H groups in total. The summed E-state index contributed by atoms with van der Waals surface area (Å²) in [7, 11) is 1.76.